The highest BCUT2D eigenvalue weighted by molar-refractivity contribution is 5.31. The fourth-order valence-electron chi connectivity index (χ4n) is 2.78. The third kappa shape index (κ3) is 2.36. The van der Waals surface area contributed by atoms with Gasteiger partial charge in [0.15, 0.2) is 0 Å². The summed E-state index contributed by atoms with van der Waals surface area (Å²) in [5.74, 6) is 0.266. The molecular formula is C14H22N2O2. The third-order valence-electron chi connectivity index (χ3n) is 3.97. The maximum Gasteiger partial charge on any atom is 0.115 e. The van der Waals surface area contributed by atoms with Crippen molar-refractivity contribution in [3.8, 4) is 5.75 Å². The topological polar surface area (TPSA) is 55.7 Å². The summed E-state index contributed by atoms with van der Waals surface area (Å²) in [4.78, 5) is 2.34. The number of hydrogen-bond donors (Lipinski definition) is 3. The van der Waals surface area contributed by atoms with E-state index >= 15 is 0 Å². The van der Waals surface area contributed by atoms with Crippen molar-refractivity contribution in [3.05, 3.63) is 29.8 Å². The molecule has 0 aromatic heterocycles. The molecule has 0 aliphatic carbocycles. The molecule has 1 aromatic carbocycles. The second-order valence-electron chi connectivity index (χ2n) is 4.83. The number of aliphatic hydroxyl groups excluding tert-OH is 1. The molecule has 4 nitrogen and oxygen atoms in total. The molecule has 1 aliphatic heterocycles. The molecule has 0 radical (unpaired) electrons. The first-order valence-corrected chi connectivity index (χ1v) is 6.59. The number of nitrogens with zero attached hydrogens (tertiary/aromatic N) is 1. The third-order valence-corrected chi connectivity index (χ3v) is 3.97. The highest BCUT2D eigenvalue weighted by Crippen LogP contribution is 2.32. The smallest absolute Gasteiger partial charge is 0.115 e. The molecule has 0 amide bonds. The van der Waals surface area contributed by atoms with Crippen LogP contribution >= 0.6 is 0 Å². The molecule has 100 valence electrons. The molecule has 1 fully saturated rings. The van der Waals surface area contributed by atoms with Gasteiger partial charge < -0.3 is 15.5 Å². The van der Waals surface area contributed by atoms with Crippen LogP contribution < -0.4 is 5.32 Å². The van der Waals surface area contributed by atoms with Gasteiger partial charge in [0, 0.05) is 26.2 Å². The van der Waals surface area contributed by atoms with Gasteiger partial charge in [0.1, 0.15) is 5.75 Å². The number of rotatable bonds is 4. The average Bonchev–Trinajstić information content (AvgIpc) is 2.44. The van der Waals surface area contributed by atoms with E-state index in [4.69, 9.17) is 0 Å². The molecule has 3 N–H and O–H groups in total. The molecule has 1 atom stereocenters. The second kappa shape index (κ2) is 5.69. The lowest BCUT2D eigenvalue weighted by molar-refractivity contribution is 0.0137. The highest BCUT2D eigenvalue weighted by atomic mass is 16.3. The molecule has 1 saturated heterocycles. The van der Waals surface area contributed by atoms with Crippen LogP contribution in [-0.2, 0) is 5.54 Å². The highest BCUT2D eigenvalue weighted by Gasteiger charge is 2.36. The van der Waals surface area contributed by atoms with Gasteiger partial charge in [0.25, 0.3) is 0 Å². The van der Waals surface area contributed by atoms with Crippen molar-refractivity contribution in [2.24, 2.45) is 0 Å². The fourth-order valence-corrected chi connectivity index (χ4v) is 2.78. The van der Waals surface area contributed by atoms with Crippen LogP contribution in [0.5, 0.6) is 5.75 Å². The van der Waals surface area contributed by atoms with Crippen LogP contribution in [0.2, 0.25) is 0 Å². The molecule has 1 unspecified atom stereocenters. The van der Waals surface area contributed by atoms with Crippen molar-refractivity contribution in [3.63, 3.8) is 0 Å². The molecule has 1 aromatic rings. The Morgan fingerprint density at radius 1 is 1.22 bits per heavy atom. The van der Waals surface area contributed by atoms with Crippen molar-refractivity contribution in [1.82, 2.24) is 10.2 Å². The van der Waals surface area contributed by atoms with Crippen LogP contribution in [-0.4, -0.2) is 47.9 Å². The van der Waals surface area contributed by atoms with Crippen molar-refractivity contribution >= 4 is 0 Å². The Hall–Kier alpha value is -1.10. The largest absolute Gasteiger partial charge is 0.508 e. The van der Waals surface area contributed by atoms with E-state index in [0.29, 0.717) is 0 Å². The Labute approximate surface area is 108 Å². The first-order valence-electron chi connectivity index (χ1n) is 6.59. The lowest BCUT2D eigenvalue weighted by atomic mass is 9.85. The lowest BCUT2D eigenvalue weighted by Crippen LogP contribution is -2.56. The van der Waals surface area contributed by atoms with Crippen LogP contribution in [0.3, 0.4) is 0 Å². The van der Waals surface area contributed by atoms with Gasteiger partial charge in [-0.3, -0.25) is 4.90 Å². The molecule has 1 heterocycles. The summed E-state index contributed by atoms with van der Waals surface area (Å²) in [6, 6.07) is 7.21. The molecule has 4 heteroatoms. The zero-order valence-corrected chi connectivity index (χ0v) is 10.9. The summed E-state index contributed by atoms with van der Waals surface area (Å²) >= 11 is 0. The Balaban J connectivity index is 2.32. The predicted octanol–water partition coefficient (Wildman–Crippen LogP) is 0.895. The Bertz CT molecular complexity index is 368. The van der Waals surface area contributed by atoms with E-state index in [-0.39, 0.29) is 17.9 Å². The van der Waals surface area contributed by atoms with E-state index in [2.05, 4.69) is 17.1 Å². The number of aliphatic hydroxyl groups is 1. The van der Waals surface area contributed by atoms with Gasteiger partial charge in [-0.15, -0.1) is 0 Å². The van der Waals surface area contributed by atoms with Gasteiger partial charge in [0.2, 0.25) is 0 Å². The van der Waals surface area contributed by atoms with Crippen LogP contribution in [0.4, 0.5) is 0 Å². The van der Waals surface area contributed by atoms with Gasteiger partial charge in [0.05, 0.1) is 12.1 Å². The van der Waals surface area contributed by atoms with Crippen LogP contribution in [0, 0.1) is 0 Å². The maximum absolute atomic E-state index is 9.93. The van der Waals surface area contributed by atoms with E-state index in [1.165, 1.54) is 0 Å². The van der Waals surface area contributed by atoms with Gasteiger partial charge in [-0.1, -0.05) is 19.1 Å². The first-order chi connectivity index (χ1) is 8.73. The molecule has 0 saturated carbocycles. The first kappa shape index (κ1) is 13.3. The summed E-state index contributed by atoms with van der Waals surface area (Å²) in [6.07, 6.45) is 0.855. The van der Waals surface area contributed by atoms with Crippen molar-refractivity contribution in [1.29, 1.82) is 0 Å². The Kier molecular flexibility index (Phi) is 4.22. The SMILES string of the molecule is CCC(CO)(c1ccc(O)cc1)N1CCNCC1. The Morgan fingerprint density at radius 2 is 1.83 bits per heavy atom. The van der Waals surface area contributed by atoms with Crippen LogP contribution in [0.25, 0.3) is 0 Å². The van der Waals surface area contributed by atoms with E-state index in [1.807, 2.05) is 12.1 Å². The zero-order valence-electron chi connectivity index (χ0n) is 10.9. The van der Waals surface area contributed by atoms with E-state index in [9.17, 15) is 10.2 Å². The molecule has 0 bridgehead atoms. The minimum atomic E-state index is -0.324. The van der Waals surface area contributed by atoms with E-state index in [1.54, 1.807) is 12.1 Å². The van der Waals surface area contributed by atoms with Crippen LogP contribution in [0.15, 0.2) is 24.3 Å². The standard InChI is InChI=1S/C14H22N2O2/c1-2-14(11-17,16-9-7-15-8-10-16)12-3-5-13(18)6-4-12/h3-6,15,17-18H,2,7-11H2,1H3. The number of phenols is 1. The van der Waals surface area contributed by atoms with Crippen molar-refractivity contribution in [2.75, 3.05) is 32.8 Å². The Morgan fingerprint density at radius 3 is 2.33 bits per heavy atom. The number of aromatic hydroxyl groups is 1. The predicted molar refractivity (Wildman–Crippen MR) is 71.6 cm³/mol. The zero-order chi connectivity index (χ0) is 13.0. The summed E-state index contributed by atoms with van der Waals surface area (Å²) in [6.45, 7) is 6.00. The van der Waals surface area contributed by atoms with Gasteiger partial charge in [-0.25, -0.2) is 0 Å². The molecule has 18 heavy (non-hydrogen) atoms. The van der Waals surface area contributed by atoms with Gasteiger partial charge in [-0.2, -0.15) is 0 Å². The summed E-state index contributed by atoms with van der Waals surface area (Å²) < 4.78 is 0. The summed E-state index contributed by atoms with van der Waals surface area (Å²) in [7, 11) is 0. The fraction of sp³-hybridized carbons (Fsp3) is 0.571. The lowest BCUT2D eigenvalue weighted by Gasteiger charge is -2.45. The molecule has 1 aliphatic rings. The minimum Gasteiger partial charge on any atom is -0.508 e. The summed E-state index contributed by atoms with van der Waals surface area (Å²) in [5.41, 5.74) is 0.753. The average molecular weight is 250 g/mol. The van der Waals surface area contributed by atoms with Crippen molar-refractivity contribution in [2.45, 2.75) is 18.9 Å². The number of nitrogens with one attached hydrogen (secondary N) is 1. The van der Waals surface area contributed by atoms with Crippen LogP contribution in [0.1, 0.15) is 18.9 Å². The van der Waals surface area contributed by atoms with Gasteiger partial charge >= 0.3 is 0 Å². The quantitative estimate of drug-likeness (QED) is 0.743. The number of piperazine rings is 1. The normalized spacial score (nSPS) is 20.6. The second-order valence-corrected chi connectivity index (χ2v) is 4.83. The minimum absolute atomic E-state index is 0.105. The van der Waals surface area contributed by atoms with Crippen molar-refractivity contribution < 1.29 is 10.2 Å². The van der Waals surface area contributed by atoms with E-state index in [0.717, 1.165) is 38.2 Å². The molecular weight excluding hydrogens is 228 g/mol. The molecule has 0 spiro atoms. The number of phenolic OH excluding ortho intramolecular Hbond substituents is 1. The maximum atomic E-state index is 9.93. The van der Waals surface area contributed by atoms with Gasteiger partial charge in [-0.05, 0) is 24.1 Å². The number of benzene rings is 1. The number of hydrogen-bond acceptors (Lipinski definition) is 4. The monoisotopic (exact) mass is 250 g/mol. The molecule has 2 rings (SSSR count). The van der Waals surface area contributed by atoms with E-state index < -0.39 is 0 Å². The summed E-state index contributed by atoms with van der Waals surface area (Å²) in [5, 5.41) is 22.7.